The van der Waals surface area contributed by atoms with Crippen molar-refractivity contribution in [3.63, 3.8) is 0 Å². The predicted octanol–water partition coefficient (Wildman–Crippen LogP) is 2.00. The Morgan fingerprint density at radius 1 is 1.22 bits per heavy atom. The Labute approximate surface area is 157 Å². The number of nitrogens with two attached hydrogens (primary N) is 1. The lowest BCUT2D eigenvalue weighted by molar-refractivity contribution is -0.118. The molecule has 1 atom stereocenters. The highest BCUT2D eigenvalue weighted by Crippen LogP contribution is 2.38. The van der Waals surface area contributed by atoms with Gasteiger partial charge in [0, 0.05) is 25.1 Å². The van der Waals surface area contributed by atoms with Gasteiger partial charge in [0.2, 0.25) is 15.9 Å². The molecule has 2 fully saturated rings. The fourth-order valence-electron chi connectivity index (χ4n) is 3.56. The van der Waals surface area contributed by atoms with E-state index in [0.29, 0.717) is 0 Å². The molecule has 0 unspecified atom stereocenters. The van der Waals surface area contributed by atoms with E-state index in [9.17, 15) is 22.0 Å². The van der Waals surface area contributed by atoms with E-state index >= 15 is 0 Å². The van der Waals surface area contributed by atoms with Crippen molar-refractivity contribution in [2.24, 2.45) is 11.7 Å². The maximum atomic E-state index is 12.8. The molecule has 1 aromatic rings. The van der Waals surface area contributed by atoms with Crippen molar-refractivity contribution in [2.45, 2.75) is 67.8 Å². The number of nitrogens with zero attached hydrogens (tertiary/aromatic N) is 1. The summed E-state index contributed by atoms with van der Waals surface area (Å²) in [7, 11) is -3.93. The number of halogens is 2. The van der Waals surface area contributed by atoms with Crippen LogP contribution in [0.1, 0.15) is 44.9 Å². The van der Waals surface area contributed by atoms with E-state index in [4.69, 9.17) is 5.73 Å². The van der Waals surface area contributed by atoms with Gasteiger partial charge < -0.3 is 11.1 Å². The molecule has 0 saturated heterocycles. The van der Waals surface area contributed by atoms with Crippen molar-refractivity contribution < 1.29 is 22.0 Å². The second-order valence-corrected chi connectivity index (χ2v) is 9.09. The smallest absolute Gasteiger partial charge is 0.251 e. The predicted molar refractivity (Wildman–Crippen MR) is 95.7 cm³/mol. The van der Waals surface area contributed by atoms with E-state index in [2.05, 4.69) is 15.0 Å². The molecule has 3 rings (SSSR count). The summed E-state index contributed by atoms with van der Waals surface area (Å²) in [5.74, 6) is -2.82. The van der Waals surface area contributed by atoms with Crippen molar-refractivity contribution in [2.75, 3.05) is 5.32 Å². The highest BCUT2D eigenvalue weighted by Gasteiger charge is 2.46. The van der Waals surface area contributed by atoms with Gasteiger partial charge in [0.25, 0.3) is 5.92 Å². The van der Waals surface area contributed by atoms with Crippen molar-refractivity contribution >= 4 is 21.7 Å². The molecule has 0 bridgehead atoms. The lowest BCUT2D eigenvalue weighted by atomic mass is 9.84. The van der Waals surface area contributed by atoms with Gasteiger partial charge in [-0.15, -0.1) is 0 Å². The highest BCUT2D eigenvalue weighted by molar-refractivity contribution is 7.89. The van der Waals surface area contributed by atoms with E-state index < -0.39 is 40.9 Å². The second kappa shape index (κ2) is 7.76. The molecule has 150 valence electrons. The Morgan fingerprint density at radius 3 is 2.44 bits per heavy atom. The average molecular weight is 402 g/mol. The maximum absolute atomic E-state index is 12.8. The molecule has 1 heterocycles. The Morgan fingerprint density at radius 2 is 1.89 bits per heavy atom. The quantitative estimate of drug-likeness (QED) is 0.673. The van der Waals surface area contributed by atoms with Crippen LogP contribution in [0.2, 0.25) is 0 Å². The van der Waals surface area contributed by atoms with Crippen LogP contribution in [0.25, 0.3) is 0 Å². The summed E-state index contributed by atoms with van der Waals surface area (Å²) in [6.45, 7) is 0. The molecule has 27 heavy (non-hydrogen) atoms. The second-order valence-electron chi connectivity index (χ2n) is 7.37. The van der Waals surface area contributed by atoms with E-state index in [1.807, 2.05) is 0 Å². The number of alkyl halides is 2. The minimum atomic E-state index is -3.93. The largest absolute Gasteiger partial charge is 0.320 e. The van der Waals surface area contributed by atoms with Crippen LogP contribution in [0.5, 0.6) is 0 Å². The first kappa shape index (κ1) is 20.1. The van der Waals surface area contributed by atoms with Gasteiger partial charge in [-0.05, 0) is 30.9 Å². The Balaban J connectivity index is 1.57. The molecule has 0 aliphatic heterocycles. The number of carbonyl (C=O) groups excluding carboxylic acids is 1. The summed E-state index contributed by atoms with van der Waals surface area (Å²) in [6.07, 6.45) is 5.21. The zero-order valence-corrected chi connectivity index (χ0v) is 15.6. The Kier molecular flexibility index (Phi) is 5.78. The van der Waals surface area contributed by atoms with Gasteiger partial charge in [-0.2, -0.15) is 0 Å². The molecule has 0 radical (unpaired) electrons. The molecule has 7 nitrogen and oxygen atoms in total. The van der Waals surface area contributed by atoms with Gasteiger partial charge in [-0.25, -0.2) is 26.9 Å². The summed E-state index contributed by atoms with van der Waals surface area (Å²) in [5.41, 5.74) is 6.03. The van der Waals surface area contributed by atoms with Crippen LogP contribution in [-0.2, 0) is 14.8 Å². The van der Waals surface area contributed by atoms with Crippen LogP contribution >= 0.6 is 0 Å². The zero-order chi connectivity index (χ0) is 19.7. The fourth-order valence-corrected chi connectivity index (χ4v) is 4.74. The molecular weight excluding hydrogens is 378 g/mol. The summed E-state index contributed by atoms with van der Waals surface area (Å²) in [4.78, 5) is 16.1. The van der Waals surface area contributed by atoms with E-state index in [1.54, 1.807) is 0 Å². The maximum Gasteiger partial charge on any atom is 0.251 e. The summed E-state index contributed by atoms with van der Waals surface area (Å²) in [6, 6.07) is 1.22. The fraction of sp³-hybridized carbons (Fsp3) is 0.647. The minimum absolute atomic E-state index is 0.142. The van der Waals surface area contributed by atoms with E-state index in [1.165, 1.54) is 12.1 Å². The lowest BCUT2D eigenvalue weighted by Gasteiger charge is -2.34. The number of carbonyl (C=O) groups is 1. The van der Waals surface area contributed by atoms with Crippen molar-refractivity contribution in [1.82, 2.24) is 9.71 Å². The molecule has 10 heteroatoms. The number of pyridine rings is 1. The zero-order valence-electron chi connectivity index (χ0n) is 14.8. The first-order chi connectivity index (χ1) is 12.7. The van der Waals surface area contributed by atoms with Crippen LogP contribution in [0, 0.1) is 5.92 Å². The van der Waals surface area contributed by atoms with Gasteiger partial charge >= 0.3 is 0 Å². The number of rotatable bonds is 6. The van der Waals surface area contributed by atoms with Gasteiger partial charge in [-0.3, -0.25) is 4.79 Å². The third kappa shape index (κ3) is 4.99. The summed E-state index contributed by atoms with van der Waals surface area (Å²) < 4.78 is 52.3. The molecule has 2 aliphatic carbocycles. The SMILES string of the molecule is N[C@H](C(=O)Nc1ccc(S(=O)(=O)NC2CC(F)(F)C2)cn1)C1CCCCC1. The molecule has 4 N–H and O–H groups in total. The summed E-state index contributed by atoms with van der Waals surface area (Å²) >= 11 is 0. The first-order valence-corrected chi connectivity index (χ1v) is 10.6. The Bertz CT molecular complexity index is 772. The van der Waals surface area contributed by atoms with E-state index in [0.717, 1.165) is 38.3 Å². The van der Waals surface area contributed by atoms with Crippen LogP contribution in [0.4, 0.5) is 14.6 Å². The highest BCUT2D eigenvalue weighted by atomic mass is 32.2. The van der Waals surface area contributed by atoms with Gasteiger partial charge in [0.15, 0.2) is 0 Å². The third-order valence-electron chi connectivity index (χ3n) is 5.17. The number of amides is 1. The monoisotopic (exact) mass is 402 g/mol. The van der Waals surface area contributed by atoms with Gasteiger partial charge in [-0.1, -0.05) is 19.3 Å². The number of hydrogen-bond donors (Lipinski definition) is 3. The molecular formula is C17H24F2N4O3S. The van der Waals surface area contributed by atoms with E-state index in [-0.39, 0.29) is 22.5 Å². The van der Waals surface area contributed by atoms with Crippen molar-refractivity contribution in [1.29, 1.82) is 0 Å². The Hall–Kier alpha value is -1.65. The molecule has 2 saturated carbocycles. The van der Waals surface area contributed by atoms with Gasteiger partial charge in [0.1, 0.15) is 10.7 Å². The molecule has 1 aromatic heterocycles. The van der Waals surface area contributed by atoms with Crippen LogP contribution in [0.3, 0.4) is 0 Å². The lowest BCUT2D eigenvalue weighted by Crippen LogP contribution is -2.50. The molecule has 1 amide bonds. The van der Waals surface area contributed by atoms with Crippen molar-refractivity contribution in [3.8, 4) is 0 Å². The first-order valence-electron chi connectivity index (χ1n) is 9.09. The standard InChI is InChI=1S/C17H24F2N4O3S/c18-17(19)8-12(9-17)23-27(25,26)13-6-7-14(21-10-13)22-16(24)15(20)11-4-2-1-3-5-11/h6-7,10-12,15,23H,1-5,8-9,20H2,(H,21,22,24)/t15-/m0/s1. The van der Waals surface area contributed by atoms with Crippen LogP contribution < -0.4 is 15.8 Å². The van der Waals surface area contributed by atoms with Crippen molar-refractivity contribution in [3.05, 3.63) is 18.3 Å². The number of nitrogens with one attached hydrogen (secondary N) is 2. The normalized spacial score (nSPS) is 22.0. The van der Waals surface area contributed by atoms with Gasteiger partial charge in [0.05, 0.1) is 6.04 Å². The average Bonchev–Trinajstić information content (AvgIpc) is 2.60. The molecule has 0 spiro atoms. The molecule has 2 aliphatic rings. The van der Waals surface area contributed by atoms with Crippen LogP contribution in [-0.4, -0.2) is 37.3 Å². The summed E-state index contributed by atoms with van der Waals surface area (Å²) in [5, 5.41) is 2.60. The third-order valence-corrected chi connectivity index (χ3v) is 6.68. The number of hydrogen-bond acceptors (Lipinski definition) is 5. The molecule has 0 aromatic carbocycles. The van der Waals surface area contributed by atoms with Crippen LogP contribution in [0.15, 0.2) is 23.2 Å². The topological polar surface area (TPSA) is 114 Å². The minimum Gasteiger partial charge on any atom is -0.320 e. The number of aromatic nitrogens is 1. The number of sulfonamides is 1. The number of anilines is 1.